The van der Waals surface area contributed by atoms with Crippen LogP contribution >= 0.6 is 23.2 Å². The molecule has 1 heterocycles. The van der Waals surface area contributed by atoms with Crippen molar-refractivity contribution >= 4 is 40.9 Å². The fourth-order valence-corrected chi connectivity index (χ4v) is 3.52. The van der Waals surface area contributed by atoms with E-state index in [1.807, 2.05) is 18.2 Å². The van der Waals surface area contributed by atoms with Crippen LogP contribution in [0.5, 0.6) is 0 Å². The zero-order valence-corrected chi connectivity index (χ0v) is 17.3. The van der Waals surface area contributed by atoms with Gasteiger partial charge in [0.15, 0.2) is 0 Å². The molecule has 6 nitrogen and oxygen atoms in total. The first-order valence-electron chi connectivity index (χ1n) is 9.28. The summed E-state index contributed by atoms with van der Waals surface area (Å²) in [6.45, 7) is 0.977. The van der Waals surface area contributed by atoms with Gasteiger partial charge in [-0.05, 0) is 36.6 Å². The van der Waals surface area contributed by atoms with Crippen molar-refractivity contribution in [3.63, 3.8) is 0 Å². The van der Waals surface area contributed by atoms with Crippen LogP contribution in [0.25, 0.3) is 0 Å². The third-order valence-corrected chi connectivity index (χ3v) is 5.45. The molecule has 29 heavy (non-hydrogen) atoms. The van der Waals surface area contributed by atoms with Gasteiger partial charge in [-0.25, -0.2) is 4.79 Å². The van der Waals surface area contributed by atoms with Gasteiger partial charge in [0, 0.05) is 18.2 Å². The van der Waals surface area contributed by atoms with Crippen molar-refractivity contribution in [2.24, 2.45) is 0 Å². The topological polar surface area (TPSA) is 76.7 Å². The minimum atomic E-state index is -0.686. The molecule has 8 heteroatoms. The minimum absolute atomic E-state index is 0.0287. The predicted molar refractivity (Wildman–Crippen MR) is 113 cm³/mol. The lowest BCUT2D eigenvalue weighted by atomic mass is 9.90. The van der Waals surface area contributed by atoms with E-state index in [1.54, 1.807) is 30.3 Å². The van der Waals surface area contributed by atoms with E-state index in [-0.39, 0.29) is 18.9 Å². The minimum Gasteiger partial charge on any atom is -0.447 e. The van der Waals surface area contributed by atoms with Crippen LogP contribution in [0.1, 0.15) is 18.4 Å². The van der Waals surface area contributed by atoms with E-state index in [0.29, 0.717) is 41.8 Å². The Labute approximate surface area is 179 Å². The van der Waals surface area contributed by atoms with Crippen molar-refractivity contribution < 1.29 is 19.1 Å². The van der Waals surface area contributed by atoms with Gasteiger partial charge in [-0.3, -0.25) is 10.1 Å². The molecule has 2 amide bonds. The van der Waals surface area contributed by atoms with E-state index in [9.17, 15) is 9.59 Å². The van der Waals surface area contributed by atoms with E-state index >= 15 is 0 Å². The van der Waals surface area contributed by atoms with Gasteiger partial charge in [-0.1, -0.05) is 53.5 Å². The first-order chi connectivity index (χ1) is 14.0. The molecule has 1 saturated heterocycles. The summed E-state index contributed by atoms with van der Waals surface area (Å²) in [6.07, 6.45) is 0.597. The number of anilines is 1. The molecule has 0 unspecified atom stereocenters. The molecule has 0 spiro atoms. The quantitative estimate of drug-likeness (QED) is 0.700. The second-order valence-corrected chi connectivity index (χ2v) is 7.70. The maximum Gasteiger partial charge on any atom is 0.411 e. The molecule has 0 atom stereocenters. The number of hydrogen-bond acceptors (Lipinski definition) is 4. The molecule has 1 fully saturated rings. The van der Waals surface area contributed by atoms with E-state index in [4.69, 9.17) is 32.7 Å². The molecule has 2 N–H and O–H groups in total. The average Bonchev–Trinajstić information content (AvgIpc) is 2.71. The molecule has 0 bridgehead atoms. The summed E-state index contributed by atoms with van der Waals surface area (Å²) in [4.78, 5) is 24.9. The monoisotopic (exact) mass is 436 g/mol. The smallest absolute Gasteiger partial charge is 0.411 e. The number of para-hydroxylation sites is 1. The van der Waals surface area contributed by atoms with E-state index in [0.717, 1.165) is 5.56 Å². The summed E-state index contributed by atoms with van der Waals surface area (Å²) in [5, 5.41) is 6.60. The normalized spacial score (nSPS) is 15.4. The number of carbonyl (C=O) groups excluding carboxylic acids is 2. The lowest BCUT2D eigenvalue weighted by molar-refractivity contribution is -0.124. The highest BCUT2D eigenvalue weighted by Gasteiger charge is 2.36. The zero-order valence-electron chi connectivity index (χ0n) is 15.8. The van der Waals surface area contributed by atoms with Gasteiger partial charge in [0.1, 0.15) is 6.61 Å². The Morgan fingerprint density at radius 1 is 1.00 bits per heavy atom. The SMILES string of the molecule is O=C(Cc1ccccc1Cl)NC1(COC(=O)Nc2ccccc2Cl)CCOCC1. The van der Waals surface area contributed by atoms with E-state index in [2.05, 4.69) is 10.6 Å². The molecule has 154 valence electrons. The largest absolute Gasteiger partial charge is 0.447 e. The van der Waals surface area contributed by atoms with Crippen LogP contribution in [-0.2, 0) is 20.7 Å². The number of nitrogens with one attached hydrogen (secondary N) is 2. The molecule has 0 saturated carbocycles. The Bertz CT molecular complexity index is 869. The Morgan fingerprint density at radius 2 is 1.66 bits per heavy atom. The molecule has 2 aromatic carbocycles. The molecular weight excluding hydrogens is 415 g/mol. The molecule has 3 rings (SSSR count). The summed E-state index contributed by atoms with van der Waals surface area (Å²) >= 11 is 12.2. The van der Waals surface area contributed by atoms with Gasteiger partial charge >= 0.3 is 6.09 Å². The van der Waals surface area contributed by atoms with Gasteiger partial charge in [0.2, 0.25) is 5.91 Å². The van der Waals surface area contributed by atoms with E-state index in [1.165, 1.54) is 0 Å². The van der Waals surface area contributed by atoms with Crippen LogP contribution in [0.15, 0.2) is 48.5 Å². The Kier molecular flexibility index (Phi) is 7.36. The fraction of sp³-hybridized carbons (Fsp3) is 0.333. The molecule has 0 radical (unpaired) electrons. The Hall–Kier alpha value is -2.28. The molecule has 0 aromatic heterocycles. The van der Waals surface area contributed by atoms with Crippen LogP contribution in [0.2, 0.25) is 10.0 Å². The summed E-state index contributed by atoms with van der Waals surface area (Å²) in [5.74, 6) is -0.185. The van der Waals surface area contributed by atoms with Crippen LogP contribution < -0.4 is 10.6 Å². The second kappa shape index (κ2) is 9.96. The molecule has 1 aliphatic heterocycles. The molecule has 0 aliphatic carbocycles. The Balaban J connectivity index is 1.61. The summed E-state index contributed by atoms with van der Waals surface area (Å²) in [7, 11) is 0. The number of halogens is 2. The lowest BCUT2D eigenvalue weighted by Gasteiger charge is -2.37. The maximum atomic E-state index is 12.6. The van der Waals surface area contributed by atoms with Gasteiger partial charge < -0.3 is 14.8 Å². The van der Waals surface area contributed by atoms with Crippen molar-refractivity contribution in [2.75, 3.05) is 25.1 Å². The average molecular weight is 437 g/mol. The van der Waals surface area contributed by atoms with Gasteiger partial charge in [0.25, 0.3) is 0 Å². The van der Waals surface area contributed by atoms with Crippen LogP contribution in [0, 0.1) is 0 Å². The Morgan fingerprint density at radius 3 is 2.34 bits per heavy atom. The zero-order chi connectivity index (χ0) is 20.7. The summed E-state index contributed by atoms with van der Waals surface area (Å²) in [6, 6.07) is 14.1. The number of benzene rings is 2. The number of amides is 2. The van der Waals surface area contributed by atoms with Gasteiger partial charge in [-0.15, -0.1) is 0 Å². The molecule has 2 aromatic rings. The van der Waals surface area contributed by atoms with Crippen LogP contribution in [0.4, 0.5) is 10.5 Å². The summed E-state index contributed by atoms with van der Waals surface area (Å²) < 4.78 is 10.8. The van der Waals surface area contributed by atoms with Crippen molar-refractivity contribution in [1.29, 1.82) is 0 Å². The molecule has 1 aliphatic rings. The molecular formula is C21H22Cl2N2O4. The van der Waals surface area contributed by atoms with Gasteiger partial charge in [-0.2, -0.15) is 0 Å². The number of ether oxygens (including phenoxy) is 2. The predicted octanol–water partition coefficient (Wildman–Crippen LogP) is 4.45. The van der Waals surface area contributed by atoms with Gasteiger partial charge in [0.05, 0.1) is 22.7 Å². The maximum absolute atomic E-state index is 12.6. The first kappa shape index (κ1) is 21.4. The lowest BCUT2D eigenvalue weighted by Crippen LogP contribution is -2.56. The number of rotatable bonds is 6. The van der Waals surface area contributed by atoms with Crippen molar-refractivity contribution in [3.05, 3.63) is 64.1 Å². The third kappa shape index (κ3) is 6.10. The third-order valence-electron chi connectivity index (χ3n) is 4.75. The highest BCUT2D eigenvalue weighted by molar-refractivity contribution is 6.33. The van der Waals surface area contributed by atoms with Crippen LogP contribution in [-0.4, -0.2) is 37.4 Å². The highest BCUT2D eigenvalue weighted by Crippen LogP contribution is 2.24. The number of carbonyl (C=O) groups is 2. The first-order valence-corrected chi connectivity index (χ1v) is 10.0. The van der Waals surface area contributed by atoms with Crippen molar-refractivity contribution in [2.45, 2.75) is 24.8 Å². The van der Waals surface area contributed by atoms with Crippen molar-refractivity contribution in [3.8, 4) is 0 Å². The number of hydrogen-bond donors (Lipinski definition) is 2. The van der Waals surface area contributed by atoms with Crippen molar-refractivity contribution in [1.82, 2.24) is 5.32 Å². The highest BCUT2D eigenvalue weighted by atomic mass is 35.5. The fourth-order valence-electron chi connectivity index (χ4n) is 3.13. The summed E-state index contributed by atoms with van der Waals surface area (Å²) in [5.41, 5.74) is 0.517. The second-order valence-electron chi connectivity index (χ2n) is 6.89. The standard InChI is InChI=1S/C21H22Cl2N2O4/c22-16-6-2-1-5-15(16)13-19(26)25-21(9-11-28-12-10-21)14-29-20(27)24-18-8-4-3-7-17(18)23/h1-8H,9-14H2,(H,24,27)(H,25,26). The van der Waals surface area contributed by atoms with Crippen LogP contribution in [0.3, 0.4) is 0 Å². The van der Waals surface area contributed by atoms with E-state index < -0.39 is 11.6 Å².